The van der Waals surface area contributed by atoms with Crippen molar-refractivity contribution in [3.63, 3.8) is 0 Å². The van der Waals surface area contributed by atoms with Gasteiger partial charge in [0, 0.05) is 38.8 Å². The number of aromatic nitrogens is 1. The van der Waals surface area contributed by atoms with Gasteiger partial charge in [0.05, 0.1) is 20.3 Å². The maximum Gasteiger partial charge on any atom is 0.223 e. The number of piperidine rings is 1. The van der Waals surface area contributed by atoms with E-state index >= 15 is 0 Å². The summed E-state index contributed by atoms with van der Waals surface area (Å²) in [7, 11) is 1.67. The van der Waals surface area contributed by atoms with Crippen molar-refractivity contribution in [1.82, 2.24) is 9.88 Å². The Labute approximate surface area is 137 Å². The van der Waals surface area contributed by atoms with Crippen LogP contribution in [0.5, 0.6) is 5.75 Å². The predicted molar refractivity (Wildman–Crippen MR) is 87.7 cm³/mol. The SMILES string of the molecule is COc1cccnc1N1CCC(CC(=O)N2CCOCC2)CC1. The van der Waals surface area contributed by atoms with Crippen LogP contribution >= 0.6 is 0 Å². The first kappa shape index (κ1) is 16.1. The molecule has 2 aliphatic heterocycles. The maximum atomic E-state index is 12.3. The average molecular weight is 319 g/mol. The number of morpholine rings is 1. The van der Waals surface area contributed by atoms with Crippen molar-refractivity contribution in [3.8, 4) is 5.75 Å². The summed E-state index contributed by atoms with van der Waals surface area (Å²) in [6, 6.07) is 3.83. The molecule has 3 heterocycles. The summed E-state index contributed by atoms with van der Waals surface area (Å²) in [4.78, 5) is 21.0. The number of hydrogen-bond donors (Lipinski definition) is 0. The smallest absolute Gasteiger partial charge is 0.223 e. The Kier molecular flexibility index (Phi) is 5.33. The van der Waals surface area contributed by atoms with Crippen molar-refractivity contribution >= 4 is 11.7 Å². The van der Waals surface area contributed by atoms with Crippen LogP contribution in [0, 0.1) is 5.92 Å². The number of carbonyl (C=O) groups excluding carboxylic acids is 1. The molecule has 0 N–H and O–H groups in total. The van der Waals surface area contributed by atoms with Gasteiger partial charge in [0.25, 0.3) is 0 Å². The Bertz CT molecular complexity index is 524. The van der Waals surface area contributed by atoms with Gasteiger partial charge >= 0.3 is 0 Å². The third-order valence-corrected chi connectivity index (χ3v) is 4.71. The number of hydrogen-bond acceptors (Lipinski definition) is 5. The highest BCUT2D eigenvalue weighted by Gasteiger charge is 2.26. The minimum absolute atomic E-state index is 0.280. The number of pyridine rings is 1. The summed E-state index contributed by atoms with van der Waals surface area (Å²) in [5, 5.41) is 0. The molecule has 23 heavy (non-hydrogen) atoms. The normalized spacial score (nSPS) is 19.7. The fourth-order valence-electron chi connectivity index (χ4n) is 3.32. The molecule has 6 nitrogen and oxygen atoms in total. The second-order valence-electron chi connectivity index (χ2n) is 6.16. The molecule has 2 fully saturated rings. The molecular formula is C17H25N3O3. The number of ether oxygens (including phenoxy) is 2. The van der Waals surface area contributed by atoms with Crippen LogP contribution in [0.15, 0.2) is 18.3 Å². The quantitative estimate of drug-likeness (QED) is 0.843. The lowest BCUT2D eigenvalue weighted by Gasteiger charge is -2.34. The third kappa shape index (κ3) is 3.93. The first-order valence-electron chi connectivity index (χ1n) is 8.37. The zero-order valence-electron chi connectivity index (χ0n) is 13.7. The van der Waals surface area contributed by atoms with Crippen LogP contribution in [0.2, 0.25) is 0 Å². The van der Waals surface area contributed by atoms with Crippen molar-refractivity contribution < 1.29 is 14.3 Å². The summed E-state index contributed by atoms with van der Waals surface area (Å²) in [5.41, 5.74) is 0. The maximum absolute atomic E-state index is 12.3. The van der Waals surface area contributed by atoms with Crippen molar-refractivity contribution in [3.05, 3.63) is 18.3 Å². The molecule has 0 aromatic carbocycles. The molecule has 0 atom stereocenters. The average Bonchev–Trinajstić information content (AvgIpc) is 2.63. The van der Waals surface area contributed by atoms with Gasteiger partial charge in [-0.25, -0.2) is 4.98 Å². The van der Waals surface area contributed by atoms with E-state index < -0.39 is 0 Å². The van der Waals surface area contributed by atoms with Gasteiger partial charge in [-0.2, -0.15) is 0 Å². The number of carbonyl (C=O) groups is 1. The van der Waals surface area contributed by atoms with E-state index in [0.717, 1.165) is 50.6 Å². The lowest BCUT2D eigenvalue weighted by Crippen LogP contribution is -2.42. The lowest BCUT2D eigenvalue weighted by atomic mass is 9.93. The molecule has 2 saturated heterocycles. The van der Waals surface area contributed by atoms with Crippen molar-refractivity contribution in [2.24, 2.45) is 5.92 Å². The Morgan fingerprint density at radius 3 is 2.74 bits per heavy atom. The van der Waals surface area contributed by atoms with Gasteiger partial charge in [-0.3, -0.25) is 4.79 Å². The molecule has 0 radical (unpaired) electrons. The molecule has 0 spiro atoms. The minimum atomic E-state index is 0.280. The van der Waals surface area contributed by atoms with Crippen molar-refractivity contribution in [2.45, 2.75) is 19.3 Å². The van der Waals surface area contributed by atoms with Crippen LogP contribution in [0.3, 0.4) is 0 Å². The van der Waals surface area contributed by atoms with E-state index in [2.05, 4.69) is 9.88 Å². The number of methoxy groups -OCH3 is 1. The molecule has 3 rings (SSSR count). The summed E-state index contributed by atoms with van der Waals surface area (Å²) >= 11 is 0. The van der Waals surface area contributed by atoms with Crippen LogP contribution in [-0.2, 0) is 9.53 Å². The lowest BCUT2D eigenvalue weighted by molar-refractivity contribution is -0.136. The van der Waals surface area contributed by atoms with Crippen molar-refractivity contribution in [2.75, 3.05) is 51.4 Å². The summed E-state index contributed by atoms with van der Waals surface area (Å²) < 4.78 is 10.7. The number of amides is 1. The molecule has 6 heteroatoms. The van der Waals surface area contributed by atoms with Gasteiger partial charge in [-0.05, 0) is 30.9 Å². The fraction of sp³-hybridized carbons (Fsp3) is 0.647. The highest BCUT2D eigenvalue weighted by atomic mass is 16.5. The molecule has 0 bridgehead atoms. The van der Waals surface area contributed by atoms with Crippen LogP contribution in [0.25, 0.3) is 0 Å². The summed E-state index contributed by atoms with van der Waals surface area (Å²) in [6.45, 7) is 4.67. The number of nitrogens with zero attached hydrogens (tertiary/aromatic N) is 3. The molecule has 126 valence electrons. The van der Waals surface area contributed by atoms with Gasteiger partial charge < -0.3 is 19.3 Å². The minimum Gasteiger partial charge on any atom is -0.493 e. The van der Waals surface area contributed by atoms with E-state index in [1.54, 1.807) is 13.3 Å². The standard InChI is InChI=1S/C17H25N3O3/c1-22-15-3-2-6-18-17(15)20-7-4-14(5-8-20)13-16(21)19-9-11-23-12-10-19/h2-3,6,14H,4-5,7-13H2,1H3. The Balaban J connectivity index is 1.51. The fourth-order valence-corrected chi connectivity index (χ4v) is 3.32. The van der Waals surface area contributed by atoms with Crippen molar-refractivity contribution in [1.29, 1.82) is 0 Å². The summed E-state index contributed by atoms with van der Waals surface area (Å²) in [6.07, 6.45) is 4.50. The second kappa shape index (κ2) is 7.64. The number of rotatable bonds is 4. The monoisotopic (exact) mass is 319 g/mol. The van der Waals surface area contributed by atoms with Gasteiger partial charge in [-0.1, -0.05) is 0 Å². The Hall–Kier alpha value is -1.82. The van der Waals surface area contributed by atoms with Crippen LogP contribution in [0.4, 0.5) is 5.82 Å². The van der Waals surface area contributed by atoms with Gasteiger partial charge in [0.15, 0.2) is 11.6 Å². The van der Waals surface area contributed by atoms with Crippen LogP contribution in [-0.4, -0.2) is 62.3 Å². The van der Waals surface area contributed by atoms with Gasteiger partial charge in [0.1, 0.15) is 0 Å². The van der Waals surface area contributed by atoms with E-state index in [1.807, 2.05) is 17.0 Å². The van der Waals surface area contributed by atoms with Gasteiger partial charge in [-0.15, -0.1) is 0 Å². The molecule has 0 unspecified atom stereocenters. The predicted octanol–water partition coefficient (Wildman–Crippen LogP) is 1.56. The van der Waals surface area contributed by atoms with Crippen LogP contribution < -0.4 is 9.64 Å². The molecule has 1 amide bonds. The molecule has 2 aliphatic rings. The zero-order chi connectivity index (χ0) is 16.1. The third-order valence-electron chi connectivity index (χ3n) is 4.71. The van der Waals surface area contributed by atoms with E-state index in [9.17, 15) is 4.79 Å². The van der Waals surface area contributed by atoms with E-state index in [4.69, 9.17) is 9.47 Å². The van der Waals surface area contributed by atoms with Gasteiger partial charge in [0.2, 0.25) is 5.91 Å². The van der Waals surface area contributed by atoms with Crippen LogP contribution in [0.1, 0.15) is 19.3 Å². The highest BCUT2D eigenvalue weighted by Crippen LogP contribution is 2.30. The zero-order valence-corrected chi connectivity index (χ0v) is 13.7. The second-order valence-corrected chi connectivity index (χ2v) is 6.16. The van der Waals surface area contributed by atoms with E-state index in [0.29, 0.717) is 25.6 Å². The Morgan fingerprint density at radius 1 is 1.30 bits per heavy atom. The molecular weight excluding hydrogens is 294 g/mol. The summed E-state index contributed by atoms with van der Waals surface area (Å²) in [5.74, 6) is 2.47. The molecule has 0 aliphatic carbocycles. The topological polar surface area (TPSA) is 54.9 Å². The highest BCUT2D eigenvalue weighted by molar-refractivity contribution is 5.76. The Morgan fingerprint density at radius 2 is 2.04 bits per heavy atom. The first-order chi connectivity index (χ1) is 11.3. The number of anilines is 1. The van der Waals surface area contributed by atoms with E-state index in [1.165, 1.54) is 0 Å². The first-order valence-corrected chi connectivity index (χ1v) is 8.37. The molecule has 0 saturated carbocycles. The molecule has 1 aromatic rings. The molecule has 1 aromatic heterocycles. The largest absolute Gasteiger partial charge is 0.493 e. The van der Waals surface area contributed by atoms with E-state index in [-0.39, 0.29) is 5.91 Å².